The fourth-order valence-corrected chi connectivity index (χ4v) is 3.33. The maximum Gasteiger partial charge on any atom is 0.160 e. The van der Waals surface area contributed by atoms with Crippen molar-refractivity contribution in [1.82, 2.24) is 0 Å². The Balaban J connectivity index is 1.89. The predicted octanol–water partition coefficient (Wildman–Crippen LogP) is 2.57. The molecule has 25 heavy (non-hydrogen) atoms. The Labute approximate surface area is 146 Å². The van der Waals surface area contributed by atoms with Crippen LogP contribution in [-0.2, 0) is 6.42 Å². The van der Waals surface area contributed by atoms with E-state index in [1.54, 1.807) is 48.6 Å². The van der Waals surface area contributed by atoms with Gasteiger partial charge < -0.3 is 25.2 Å². The Hall–Kier alpha value is -2.50. The number of aryl methyl sites for hydroxylation is 1. The van der Waals surface area contributed by atoms with E-state index in [0.29, 0.717) is 18.6 Å². The van der Waals surface area contributed by atoms with Gasteiger partial charge in [0.15, 0.2) is 11.5 Å². The molecule has 1 aliphatic rings. The zero-order valence-corrected chi connectivity index (χ0v) is 14.0. The minimum absolute atomic E-state index is 0.0607. The van der Waals surface area contributed by atoms with Gasteiger partial charge in [-0.3, -0.25) is 0 Å². The molecule has 0 bridgehead atoms. The summed E-state index contributed by atoms with van der Waals surface area (Å²) in [6, 6.07) is 9.96. The van der Waals surface area contributed by atoms with Gasteiger partial charge in [-0.05, 0) is 53.8 Å². The Morgan fingerprint density at radius 1 is 1.16 bits per heavy atom. The van der Waals surface area contributed by atoms with Gasteiger partial charge in [0, 0.05) is 5.92 Å². The highest BCUT2D eigenvalue weighted by Crippen LogP contribution is 2.40. The summed E-state index contributed by atoms with van der Waals surface area (Å²) >= 11 is 0. The number of hydrogen-bond acceptors (Lipinski definition) is 5. The van der Waals surface area contributed by atoms with Gasteiger partial charge in [0.1, 0.15) is 5.75 Å². The van der Waals surface area contributed by atoms with Gasteiger partial charge in [0.05, 0.1) is 19.3 Å². The van der Waals surface area contributed by atoms with Crippen molar-refractivity contribution in [3.63, 3.8) is 0 Å². The Bertz CT molecular complexity index is 766. The van der Waals surface area contributed by atoms with Crippen LogP contribution in [-0.4, -0.2) is 39.7 Å². The molecule has 0 spiro atoms. The van der Waals surface area contributed by atoms with E-state index >= 15 is 0 Å². The maximum atomic E-state index is 10.6. The zero-order chi connectivity index (χ0) is 18.0. The highest BCUT2D eigenvalue weighted by Gasteiger charge is 2.33. The summed E-state index contributed by atoms with van der Waals surface area (Å²) < 4.78 is 5.16. The summed E-state index contributed by atoms with van der Waals surface area (Å²) in [4.78, 5) is 0. The lowest BCUT2D eigenvalue weighted by Gasteiger charge is -2.33. The molecule has 3 unspecified atom stereocenters. The van der Waals surface area contributed by atoms with Crippen molar-refractivity contribution in [2.24, 2.45) is 0 Å². The molecule has 3 atom stereocenters. The summed E-state index contributed by atoms with van der Waals surface area (Å²) in [7, 11) is 1.47. The van der Waals surface area contributed by atoms with Crippen molar-refractivity contribution in [1.29, 1.82) is 0 Å². The highest BCUT2D eigenvalue weighted by molar-refractivity contribution is 5.53. The van der Waals surface area contributed by atoms with Crippen LogP contribution in [0.4, 0.5) is 0 Å². The molecule has 1 aliphatic carbocycles. The summed E-state index contributed by atoms with van der Waals surface area (Å²) in [6.07, 6.45) is 2.97. The molecule has 4 N–H and O–H groups in total. The number of benzene rings is 2. The lowest BCUT2D eigenvalue weighted by molar-refractivity contribution is 0.0640. The van der Waals surface area contributed by atoms with Crippen LogP contribution in [0.1, 0.15) is 29.0 Å². The second kappa shape index (κ2) is 7.17. The quantitative estimate of drug-likeness (QED) is 0.686. The minimum Gasteiger partial charge on any atom is -0.508 e. The van der Waals surface area contributed by atoms with E-state index in [2.05, 4.69) is 0 Å². The molecule has 5 heteroatoms. The van der Waals surface area contributed by atoms with E-state index in [1.807, 2.05) is 0 Å². The molecule has 2 aromatic carbocycles. The van der Waals surface area contributed by atoms with E-state index in [0.717, 1.165) is 16.7 Å². The first kappa shape index (κ1) is 17.3. The van der Waals surface area contributed by atoms with Gasteiger partial charge in [-0.15, -0.1) is 0 Å². The lowest BCUT2D eigenvalue weighted by atomic mass is 9.77. The average molecular weight is 342 g/mol. The third-order valence-corrected chi connectivity index (χ3v) is 4.67. The summed E-state index contributed by atoms with van der Waals surface area (Å²) in [5.74, 6) is 0.0749. The fourth-order valence-electron chi connectivity index (χ4n) is 3.33. The molecular weight excluding hydrogens is 320 g/mol. The number of fused-ring (bicyclic) bond motifs is 1. The van der Waals surface area contributed by atoms with Gasteiger partial charge in [0.25, 0.3) is 0 Å². The number of aliphatic hydroxyl groups excluding tert-OH is 2. The number of aliphatic hydroxyl groups is 2. The van der Waals surface area contributed by atoms with Crippen LogP contribution in [0.5, 0.6) is 17.2 Å². The van der Waals surface area contributed by atoms with E-state index in [1.165, 1.54) is 7.11 Å². The van der Waals surface area contributed by atoms with Gasteiger partial charge in [0.2, 0.25) is 0 Å². The van der Waals surface area contributed by atoms with E-state index < -0.39 is 18.1 Å². The molecule has 3 rings (SSSR count). The number of rotatable bonds is 4. The van der Waals surface area contributed by atoms with Crippen LogP contribution in [0.2, 0.25) is 0 Å². The first-order chi connectivity index (χ1) is 12.0. The molecule has 0 amide bonds. The van der Waals surface area contributed by atoms with Crippen molar-refractivity contribution < 1.29 is 25.2 Å². The third kappa shape index (κ3) is 3.62. The number of phenols is 2. The normalized spacial score (nSPS) is 21.1. The van der Waals surface area contributed by atoms with Crippen LogP contribution < -0.4 is 4.74 Å². The molecule has 132 valence electrons. The lowest BCUT2D eigenvalue weighted by Crippen LogP contribution is -2.33. The molecule has 0 saturated carbocycles. The van der Waals surface area contributed by atoms with Crippen LogP contribution >= 0.6 is 0 Å². The van der Waals surface area contributed by atoms with Crippen LogP contribution in [0.15, 0.2) is 42.5 Å². The Morgan fingerprint density at radius 2 is 1.88 bits per heavy atom. The number of ether oxygens (including phenoxy) is 1. The van der Waals surface area contributed by atoms with E-state index in [4.69, 9.17) is 4.74 Å². The summed E-state index contributed by atoms with van der Waals surface area (Å²) in [6.45, 7) is 0. The standard InChI is InChI=1S/C20H22O5/c1-25-19-11-15-13(10-18(19)24)5-9-17(23)20(15)16(22)8-4-12-2-6-14(21)7-3-12/h2-4,6-8,10-11,16-17,20-24H,5,9H2,1H3. The molecule has 0 radical (unpaired) electrons. The first-order valence-corrected chi connectivity index (χ1v) is 8.22. The molecule has 5 nitrogen and oxygen atoms in total. The molecule has 0 heterocycles. The molecule has 2 aromatic rings. The monoisotopic (exact) mass is 342 g/mol. The second-order valence-corrected chi connectivity index (χ2v) is 6.30. The van der Waals surface area contributed by atoms with Crippen molar-refractivity contribution in [2.75, 3.05) is 7.11 Å². The zero-order valence-electron chi connectivity index (χ0n) is 14.0. The molecule has 0 aliphatic heterocycles. The van der Waals surface area contributed by atoms with Crippen molar-refractivity contribution in [3.05, 3.63) is 59.2 Å². The summed E-state index contributed by atoms with van der Waals surface area (Å²) in [5.41, 5.74) is 2.53. The molecule has 0 fully saturated rings. The van der Waals surface area contributed by atoms with E-state index in [-0.39, 0.29) is 11.5 Å². The van der Waals surface area contributed by atoms with Crippen LogP contribution in [0.3, 0.4) is 0 Å². The number of aromatic hydroxyl groups is 2. The van der Waals surface area contributed by atoms with Crippen molar-refractivity contribution in [3.8, 4) is 17.2 Å². The van der Waals surface area contributed by atoms with E-state index in [9.17, 15) is 20.4 Å². The Kier molecular flexibility index (Phi) is 4.97. The van der Waals surface area contributed by atoms with Gasteiger partial charge >= 0.3 is 0 Å². The molecule has 0 aromatic heterocycles. The molecular formula is C20H22O5. The maximum absolute atomic E-state index is 10.6. The first-order valence-electron chi connectivity index (χ1n) is 8.22. The summed E-state index contributed by atoms with van der Waals surface area (Å²) in [5, 5.41) is 40.3. The van der Waals surface area contributed by atoms with Crippen molar-refractivity contribution in [2.45, 2.75) is 31.0 Å². The van der Waals surface area contributed by atoms with Crippen molar-refractivity contribution >= 4 is 6.08 Å². The predicted molar refractivity (Wildman–Crippen MR) is 94.9 cm³/mol. The van der Waals surface area contributed by atoms with Crippen LogP contribution in [0.25, 0.3) is 6.08 Å². The SMILES string of the molecule is COc1cc2c(cc1O)CCC(O)C2C(O)C=Cc1ccc(O)cc1. The smallest absolute Gasteiger partial charge is 0.160 e. The fraction of sp³-hybridized carbons (Fsp3) is 0.300. The third-order valence-electron chi connectivity index (χ3n) is 4.67. The highest BCUT2D eigenvalue weighted by atomic mass is 16.5. The Morgan fingerprint density at radius 3 is 2.56 bits per heavy atom. The average Bonchev–Trinajstić information content (AvgIpc) is 2.60. The minimum atomic E-state index is -0.892. The van der Waals surface area contributed by atoms with Gasteiger partial charge in [-0.25, -0.2) is 0 Å². The van der Waals surface area contributed by atoms with Crippen LogP contribution in [0, 0.1) is 0 Å². The number of phenolic OH excluding ortho intramolecular Hbond substituents is 2. The van der Waals surface area contributed by atoms with Gasteiger partial charge in [-0.1, -0.05) is 24.3 Å². The number of hydrogen-bond donors (Lipinski definition) is 4. The number of methoxy groups -OCH3 is 1. The topological polar surface area (TPSA) is 90.2 Å². The largest absolute Gasteiger partial charge is 0.508 e. The van der Waals surface area contributed by atoms with Gasteiger partial charge in [-0.2, -0.15) is 0 Å². The molecule has 0 saturated heterocycles. The second-order valence-electron chi connectivity index (χ2n) is 6.30.